The third-order valence-electron chi connectivity index (χ3n) is 2.48. The number of ketones is 1. The number of carbonyl (C=O) groups excluding carboxylic acids is 2. The average Bonchev–Trinajstić information content (AvgIpc) is 3.06. The van der Waals surface area contributed by atoms with Crippen molar-refractivity contribution in [1.29, 1.82) is 0 Å². The smallest absolute Gasteiger partial charge is 0.252 e. The Kier molecular flexibility index (Phi) is 8.53. The molecule has 1 aliphatic heterocycles. The molecule has 0 bridgehead atoms. The van der Waals surface area contributed by atoms with Crippen LogP contribution in [0.3, 0.4) is 0 Å². The van der Waals surface area contributed by atoms with E-state index in [-0.39, 0.29) is 31.4 Å². The molecule has 3 atom stereocenters. The fraction of sp³-hybridized carbons (Fsp3) is 0.833. The largest absolute Gasteiger partial charge is 0.359 e. The molecule has 2 N–H and O–H groups in total. The molecular weight excluding hydrogens is 238 g/mol. The number of ether oxygens (including phenoxy) is 1. The Balaban J connectivity index is 0. The lowest BCUT2D eigenvalue weighted by molar-refractivity contribution is -0.237. The molecule has 18 heavy (non-hydrogen) atoms. The van der Waals surface area contributed by atoms with Crippen molar-refractivity contribution in [3.63, 3.8) is 0 Å². The first kappa shape index (κ1) is 17.0. The fourth-order valence-corrected chi connectivity index (χ4v) is 1.38. The minimum Gasteiger partial charge on any atom is -0.359 e. The highest BCUT2D eigenvalue weighted by Crippen LogP contribution is 2.21. The van der Waals surface area contributed by atoms with Crippen molar-refractivity contribution >= 4 is 11.7 Å². The van der Waals surface area contributed by atoms with E-state index in [0.717, 1.165) is 6.42 Å². The van der Waals surface area contributed by atoms with E-state index in [9.17, 15) is 9.59 Å². The van der Waals surface area contributed by atoms with Gasteiger partial charge in [0.15, 0.2) is 11.9 Å². The summed E-state index contributed by atoms with van der Waals surface area (Å²) in [5, 5.41) is 10.1. The van der Waals surface area contributed by atoms with Crippen LogP contribution in [0.2, 0.25) is 0 Å². The van der Waals surface area contributed by atoms with E-state index in [2.05, 4.69) is 10.2 Å². The van der Waals surface area contributed by atoms with Crippen LogP contribution in [0.1, 0.15) is 42.0 Å². The maximum absolute atomic E-state index is 11.4. The predicted octanol–water partition coefficient (Wildman–Crippen LogP) is 1.39. The monoisotopic (exact) mass is 263 g/mol. The highest BCUT2D eigenvalue weighted by atomic mass is 17.1. The highest BCUT2D eigenvalue weighted by Gasteiger charge is 2.41. The Morgan fingerprint density at radius 2 is 2.00 bits per heavy atom. The summed E-state index contributed by atoms with van der Waals surface area (Å²) in [5.41, 5.74) is 0. The number of hydrogen-bond donors (Lipinski definition) is 2. The van der Waals surface area contributed by atoms with Crippen LogP contribution in [0.15, 0.2) is 0 Å². The van der Waals surface area contributed by atoms with Crippen LogP contribution >= 0.6 is 0 Å². The molecule has 1 heterocycles. The molecule has 1 rings (SSSR count). The quantitative estimate of drug-likeness (QED) is 0.429. The standard InChI is InChI=1S/C10H17NO3.C2H6O2.H2/c1-4-5-8(6(2)12)11-10(13)9-7(3)14-9;1-2-4-3;/h7-9H,4-5H2,1-3H3,(H,11,13);3H,2H2,1H3;1H/t7?,8-,9+;;/m0../s1. The number of rotatable bonds is 6. The second kappa shape index (κ2) is 9.02. The third-order valence-corrected chi connectivity index (χ3v) is 2.48. The van der Waals surface area contributed by atoms with E-state index >= 15 is 0 Å². The van der Waals surface area contributed by atoms with E-state index in [1.54, 1.807) is 6.92 Å². The first-order valence-electron chi connectivity index (χ1n) is 6.20. The second-order valence-electron chi connectivity index (χ2n) is 4.14. The number of nitrogens with one attached hydrogen (secondary N) is 1. The summed E-state index contributed by atoms with van der Waals surface area (Å²) in [6, 6.07) is -0.344. The zero-order valence-electron chi connectivity index (χ0n) is 11.4. The normalized spacial score (nSPS) is 22.5. The second-order valence-corrected chi connectivity index (χ2v) is 4.14. The van der Waals surface area contributed by atoms with Crippen LogP contribution in [0, 0.1) is 0 Å². The van der Waals surface area contributed by atoms with Crippen molar-refractivity contribution in [3.05, 3.63) is 0 Å². The van der Waals surface area contributed by atoms with Crippen LogP contribution in [0.25, 0.3) is 0 Å². The molecule has 1 amide bonds. The van der Waals surface area contributed by atoms with Gasteiger partial charge in [-0.25, -0.2) is 4.89 Å². The SMILES string of the molecule is CCC[C@H](NC(=O)[C@@H]1OC1C)C(C)=O.CCOO.[HH]. The van der Waals surface area contributed by atoms with Crippen molar-refractivity contribution in [3.8, 4) is 0 Å². The van der Waals surface area contributed by atoms with Gasteiger partial charge in [-0.1, -0.05) is 13.3 Å². The molecule has 0 saturated carbocycles. The molecule has 1 saturated heterocycles. The molecule has 0 aromatic carbocycles. The van der Waals surface area contributed by atoms with Crippen molar-refractivity contribution in [2.45, 2.75) is 58.8 Å². The maximum atomic E-state index is 11.4. The summed E-state index contributed by atoms with van der Waals surface area (Å²) in [6.45, 7) is 7.41. The zero-order valence-corrected chi connectivity index (χ0v) is 11.4. The van der Waals surface area contributed by atoms with Gasteiger partial charge in [0.2, 0.25) is 0 Å². The predicted molar refractivity (Wildman–Crippen MR) is 68.2 cm³/mol. The number of Topliss-reactive ketones (excluding diaryl/α,β-unsaturated/α-hetero) is 1. The van der Waals surface area contributed by atoms with E-state index < -0.39 is 0 Å². The zero-order chi connectivity index (χ0) is 14.1. The highest BCUT2D eigenvalue weighted by molar-refractivity contribution is 5.90. The maximum Gasteiger partial charge on any atom is 0.252 e. The van der Waals surface area contributed by atoms with Crippen molar-refractivity contribution in [1.82, 2.24) is 5.32 Å². The molecule has 108 valence electrons. The minimum absolute atomic E-state index is 0. The third kappa shape index (κ3) is 6.68. The number of amides is 1. The van der Waals surface area contributed by atoms with Gasteiger partial charge in [-0.3, -0.25) is 14.8 Å². The Bertz CT molecular complexity index is 273. The molecule has 1 aliphatic rings. The van der Waals surface area contributed by atoms with Crippen LogP contribution in [-0.2, 0) is 19.2 Å². The summed E-state index contributed by atoms with van der Waals surface area (Å²) in [5.74, 6) is -0.153. The van der Waals surface area contributed by atoms with Gasteiger partial charge in [-0.05, 0) is 27.2 Å². The molecule has 0 aliphatic carbocycles. The summed E-state index contributed by atoms with van der Waals surface area (Å²) < 4.78 is 5.01. The summed E-state index contributed by atoms with van der Waals surface area (Å²) in [7, 11) is 0. The molecule has 6 nitrogen and oxygen atoms in total. The van der Waals surface area contributed by atoms with Crippen molar-refractivity contribution in [2.24, 2.45) is 0 Å². The molecule has 0 spiro atoms. The lowest BCUT2D eigenvalue weighted by Crippen LogP contribution is -2.42. The van der Waals surface area contributed by atoms with Gasteiger partial charge in [0.25, 0.3) is 5.91 Å². The van der Waals surface area contributed by atoms with Gasteiger partial charge < -0.3 is 10.1 Å². The average molecular weight is 263 g/mol. The van der Waals surface area contributed by atoms with E-state index in [0.29, 0.717) is 13.0 Å². The molecule has 0 aromatic rings. The molecule has 0 aromatic heterocycles. The lowest BCUT2D eigenvalue weighted by Gasteiger charge is -2.13. The first-order chi connectivity index (χ1) is 8.47. The van der Waals surface area contributed by atoms with Crippen LogP contribution in [-0.4, -0.2) is 41.8 Å². The van der Waals surface area contributed by atoms with Crippen LogP contribution in [0.4, 0.5) is 0 Å². The van der Waals surface area contributed by atoms with Gasteiger partial charge in [-0.2, -0.15) is 0 Å². The Morgan fingerprint density at radius 3 is 2.28 bits per heavy atom. The van der Waals surface area contributed by atoms with E-state index in [4.69, 9.17) is 9.99 Å². The van der Waals surface area contributed by atoms with Crippen LogP contribution < -0.4 is 5.32 Å². The summed E-state index contributed by atoms with van der Waals surface area (Å²) in [4.78, 5) is 26.1. The number of carbonyl (C=O) groups is 2. The Hall–Kier alpha value is -0.980. The van der Waals surface area contributed by atoms with Crippen LogP contribution in [0.5, 0.6) is 0 Å². The summed E-state index contributed by atoms with van der Waals surface area (Å²) in [6.07, 6.45) is 1.24. The van der Waals surface area contributed by atoms with Gasteiger partial charge in [0.1, 0.15) is 0 Å². The Morgan fingerprint density at radius 1 is 1.50 bits per heavy atom. The lowest BCUT2D eigenvalue weighted by atomic mass is 10.1. The van der Waals surface area contributed by atoms with Crippen molar-refractivity contribution < 1.29 is 25.9 Å². The topological polar surface area (TPSA) is 88.2 Å². The molecule has 1 unspecified atom stereocenters. The molecular formula is C12H25NO5. The van der Waals surface area contributed by atoms with Crippen molar-refractivity contribution in [2.75, 3.05) is 6.61 Å². The Labute approximate surface area is 109 Å². The number of epoxide rings is 1. The first-order valence-corrected chi connectivity index (χ1v) is 6.20. The fourth-order valence-electron chi connectivity index (χ4n) is 1.38. The molecule has 1 fully saturated rings. The van der Waals surface area contributed by atoms with Gasteiger partial charge >= 0.3 is 0 Å². The van der Waals surface area contributed by atoms with E-state index in [1.165, 1.54) is 6.92 Å². The summed E-state index contributed by atoms with van der Waals surface area (Å²) >= 11 is 0. The van der Waals surface area contributed by atoms with Gasteiger partial charge in [0.05, 0.1) is 18.8 Å². The minimum atomic E-state index is -0.344. The number of hydrogen-bond acceptors (Lipinski definition) is 5. The molecule has 0 radical (unpaired) electrons. The molecule has 6 heteroatoms. The van der Waals surface area contributed by atoms with Gasteiger partial charge in [0, 0.05) is 1.43 Å². The van der Waals surface area contributed by atoms with Gasteiger partial charge in [-0.15, -0.1) is 0 Å². The van der Waals surface area contributed by atoms with E-state index in [1.807, 2.05) is 13.8 Å².